The molecule has 0 aromatic rings. The molecule has 1 nitrogen and oxygen atoms in total. The van der Waals surface area contributed by atoms with Crippen LogP contribution in [-0.2, 0) is 0 Å². The number of rotatable bonds is 13. The van der Waals surface area contributed by atoms with E-state index in [9.17, 15) is 0 Å². The van der Waals surface area contributed by atoms with Crippen molar-refractivity contribution < 1.29 is 5.11 Å². The predicted octanol–water partition coefficient (Wildman–Crippen LogP) is 5.05. The fourth-order valence-corrected chi connectivity index (χ4v) is 2.37. The van der Waals surface area contributed by atoms with Crippen LogP contribution in [0, 0.1) is 0 Å². The van der Waals surface area contributed by atoms with E-state index in [1.165, 1.54) is 76.0 Å². The summed E-state index contributed by atoms with van der Waals surface area (Å²) in [5.41, 5.74) is 0. The van der Waals surface area contributed by atoms with Gasteiger partial charge in [0.05, 0.1) is 0 Å². The highest BCUT2D eigenvalue weighted by Crippen LogP contribution is 2.12. The first-order valence-corrected chi connectivity index (χ1v) is 8.20. The molecule has 16 heavy (non-hydrogen) atoms. The van der Waals surface area contributed by atoms with Crippen molar-refractivity contribution in [3.63, 3.8) is 0 Å². The molecule has 0 atom stereocenters. The Kier molecular flexibility index (Phi) is 15.9. The molecule has 0 aliphatic rings. The molecule has 0 rings (SSSR count). The highest BCUT2D eigenvalue weighted by molar-refractivity contribution is 9.09. The van der Waals surface area contributed by atoms with Gasteiger partial charge in [-0.25, -0.2) is 0 Å². The molecule has 0 fully saturated rings. The van der Waals surface area contributed by atoms with Crippen LogP contribution in [-0.4, -0.2) is 17.0 Å². The van der Waals surface area contributed by atoms with Gasteiger partial charge in [-0.2, -0.15) is 0 Å². The van der Waals surface area contributed by atoms with Crippen molar-refractivity contribution in [3.05, 3.63) is 0 Å². The van der Waals surface area contributed by atoms with Crippen molar-refractivity contribution in [2.75, 3.05) is 11.9 Å². The van der Waals surface area contributed by atoms with Gasteiger partial charge in [-0.3, -0.25) is 0 Å². The molecule has 98 valence electrons. The second-order valence-electron chi connectivity index (χ2n) is 4.66. The van der Waals surface area contributed by atoms with E-state index < -0.39 is 0 Å². The summed E-state index contributed by atoms with van der Waals surface area (Å²) < 4.78 is 0. The van der Waals surface area contributed by atoms with E-state index in [4.69, 9.17) is 5.11 Å². The van der Waals surface area contributed by atoms with Crippen molar-refractivity contribution in [1.29, 1.82) is 0 Å². The Balaban J connectivity index is 2.83. The third kappa shape index (κ3) is 14.4. The summed E-state index contributed by atoms with van der Waals surface area (Å²) in [6.45, 7) is 0.369. The van der Waals surface area contributed by atoms with Crippen LogP contribution >= 0.6 is 15.9 Å². The molecule has 1 N–H and O–H groups in total. The maximum Gasteiger partial charge on any atom is 0.0431 e. The smallest absolute Gasteiger partial charge is 0.0431 e. The van der Waals surface area contributed by atoms with Crippen LogP contribution in [0.5, 0.6) is 0 Å². The molecule has 0 aliphatic carbocycles. The fraction of sp³-hybridized carbons (Fsp3) is 1.00. The number of hydrogen-bond donors (Lipinski definition) is 1. The molecule has 0 aromatic carbocycles. The lowest BCUT2D eigenvalue weighted by atomic mass is 10.1. The minimum atomic E-state index is 0.369. The quantitative estimate of drug-likeness (QED) is 0.372. The number of alkyl halides is 1. The van der Waals surface area contributed by atoms with E-state index in [0.29, 0.717) is 6.61 Å². The van der Waals surface area contributed by atoms with Crippen molar-refractivity contribution in [1.82, 2.24) is 0 Å². The highest BCUT2D eigenvalue weighted by Gasteiger charge is 1.93. The topological polar surface area (TPSA) is 20.2 Å². The summed E-state index contributed by atoms with van der Waals surface area (Å²) in [6, 6.07) is 0. The van der Waals surface area contributed by atoms with E-state index in [0.717, 1.165) is 6.42 Å². The monoisotopic (exact) mass is 292 g/mol. The molecule has 0 heterocycles. The number of hydrogen-bond acceptors (Lipinski definition) is 1. The van der Waals surface area contributed by atoms with E-state index in [1.54, 1.807) is 0 Å². The predicted molar refractivity (Wildman–Crippen MR) is 76.3 cm³/mol. The third-order valence-corrected chi connectivity index (χ3v) is 3.60. The summed E-state index contributed by atoms with van der Waals surface area (Å²) in [6.07, 6.45) is 16.1. The van der Waals surface area contributed by atoms with Gasteiger partial charge in [0, 0.05) is 11.9 Å². The minimum absolute atomic E-state index is 0.369. The van der Waals surface area contributed by atoms with Crippen molar-refractivity contribution in [2.45, 2.75) is 77.0 Å². The summed E-state index contributed by atoms with van der Waals surface area (Å²) in [7, 11) is 0. The van der Waals surface area contributed by atoms with Crippen LogP contribution in [0.25, 0.3) is 0 Å². The number of aliphatic hydroxyl groups excluding tert-OH is 1. The number of aliphatic hydroxyl groups is 1. The lowest BCUT2D eigenvalue weighted by molar-refractivity contribution is 0.282. The first-order valence-electron chi connectivity index (χ1n) is 7.08. The molecule has 0 aliphatic heterocycles. The standard InChI is InChI=1S/C14H29BrO/c15-13-11-9-7-5-3-1-2-4-6-8-10-12-14-16/h16H,1-14H2. The summed E-state index contributed by atoms with van der Waals surface area (Å²) >= 11 is 3.46. The number of unbranched alkanes of at least 4 members (excludes halogenated alkanes) is 11. The van der Waals surface area contributed by atoms with Gasteiger partial charge in [0.15, 0.2) is 0 Å². The SMILES string of the molecule is OCCCCCCCCCCCCCCBr. The van der Waals surface area contributed by atoms with Crippen LogP contribution in [0.4, 0.5) is 0 Å². The molecule has 0 aromatic heterocycles. The summed E-state index contributed by atoms with van der Waals surface area (Å²) in [4.78, 5) is 0. The van der Waals surface area contributed by atoms with Gasteiger partial charge in [0.1, 0.15) is 0 Å². The van der Waals surface area contributed by atoms with Gasteiger partial charge in [0.2, 0.25) is 0 Å². The first kappa shape index (κ1) is 16.4. The molecular weight excluding hydrogens is 264 g/mol. The third-order valence-electron chi connectivity index (χ3n) is 3.04. The molecule has 0 radical (unpaired) electrons. The maximum atomic E-state index is 8.62. The van der Waals surface area contributed by atoms with Crippen LogP contribution in [0.15, 0.2) is 0 Å². The second-order valence-corrected chi connectivity index (χ2v) is 5.45. The van der Waals surface area contributed by atoms with E-state index >= 15 is 0 Å². The maximum absolute atomic E-state index is 8.62. The Hall–Kier alpha value is 0.440. The Labute approximate surface area is 110 Å². The largest absolute Gasteiger partial charge is 0.396 e. The Bertz CT molecular complexity index is 103. The fourth-order valence-electron chi connectivity index (χ4n) is 1.97. The average molecular weight is 293 g/mol. The summed E-state index contributed by atoms with van der Waals surface area (Å²) in [5.74, 6) is 0. The van der Waals surface area contributed by atoms with Gasteiger partial charge in [-0.15, -0.1) is 0 Å². The molecule has 0 amide bonds. The zero-order chi connectivity index (χ0) is 11.9. The van der Waals surface area contributed by atoms with E-state index in [1.807, 2.05) is 0 Å². The Morgan fingerprint density at radius 2 is 0.812 bits per heavy atom. The molecule has 0 spiro atoms. The first-order chi connectivity index (χ1) is 7.91. The van der Waals surface area contributed by atoms with Gasteiger partial charge in [-0.1, -0.05) is 80.1 Å². The zero-order valence-electron chi connectivity index (χ0n) is 10.7. The molecule has 2 heteroatoms. The average Bonchev–Trinajstić information content (AvgIpc) is 2.31. The minimum Gasteiger partial charge on any atom is -0.396 e. The van der Waals surface area contributed by atoms with E-state index in [2.05, 4.69) is 15.9 Å². The van der Waals surface area contributed by atoms with Crippen molar-refractivity contribution in [2.24, 2.45) is 0 Å². The van der Waals surface area contributed by atoms with Gasteiger partial charge >= 0.3 is 0 Å². The lowest BCUT2D eigenvalue weighted by Gasteiger charge is -2.02. The zero-order valence-corrected chi connectivity index (χ0v) is 12.3. The van der Waals surface area contributed by atoms with Crippen molar-refractivity contribution >= 4 is 15.9 Å². The highest BCUT2D eigenvalue weighted by atomic mass is 79.9. The Morgan fingerprint density at radius 3 is 1.12 bits per heavy atom. The summed E-state index contributed by atoms with van der Waals surface area (Å²) in [5, 5.41) is 9.79. The normalized spacial score (nSPS) is 10.9. The van der Waals surface area contributed by atoms with Crippen LogP contribution in [0.1, 0.15) is 77.0 Å². The van der Waals surface area contributed by atoms with Gasteiger partial charge < -0.3 is 5.11 Å². The van der Waals surface area contributed by atoms with Gasteiger partial charge in [-0.05, 0) is 12.8 Å². The molecule has 0 unspecified atom stereocenters. The molecule has 0 saturated carbocycles. The van der Waals surface area contributed by atoms with Gasteiger partial charge in [0.25, 0.3) is 0 Å². The second kappa shape index (κ2) is 15.4. The lowest BCUT2D eigenvalue weighted by Crippen LogP contribution is -1.85. The van der Waals surface area contributed by atoms with Crippen LogP contribution in [0.3, 0.4) is 0 Å². The molecule has 0 saturated heterocycles. The molecular formula is C14H29BrO. The van der Waals surface area contributed by atoms with Crippen LogP contribution < -0.4 is 0 Å². The van der Waals surface area contributed by atoms with Crippen LogP contribution in [0.2, 0.25) is 0 Å². The van der Waals surface area contributed by atoms with E-state index in [-0.39, 0.29) is 0 Å². The molecule has 0 bridgehead atoms. The number of halogens is 1. The Morgan fingerprint density at radius 1 is 0.500 bits per heavy atom. The van der Waals surface area contributed by atoms with Crippen molar-refractivity contribution in [3.8, 4) is 0 Å².